The van der Waals surface area contributed by atoms with Gasteiger partial charge in [0.05, 0.1) is 10.2 Å². The van der Waals surface area contributed by atoms with Crippen LogP contribution in [0.15, 0.2) is 0 Å². The van der Waals surface area contributed by atoms with Gasteiger partial charge in [-0.3, -0.25) is 4.21 Å². The third-order valence-electron chi connectivity index (χ3n) is 2.32. The van der Waals surface area contributed by atoms with Crippen molar-refractivity contribution in [2.45, 2.75) is 43.3 Å². The predicted molar refractivity (Wildman–Crippen MR) is 59.4 cm³/mol. The second-order valence-corrected chi connectivity index (χ2v) is 7.34. The molecule has 0 amide bonds. The van der Waals surface area contributed by atoms with E-state index in [0.29, 0.717) is 6.42 Å². The summed E-state index contributed by atoms with van der Waals surface area (Å²) in [5.41, 5.74) is 0. The smallest absolute Gasteiger partial charge is 0.0933 e. The van der Waals surface area contributed by atoms with Crippen molar-refractivity contribution in [2.24, 2.45) is 0 Å². The van der Waals surface area contributed by atoms with Crippen molar-refractivity contribution in [2.75, 3.05) is 11.5 Å². The van der Waals surface area contributed by atoms with E-state index in [-0.39, 0.29) is 10.2 Å². The molecule has 0 spiro atoms. The van der Waals surface area contributed by atoms with Gasteiger partial charge in [-0.2, -0.15) is 0 Å². The second-order valence-electron chi connectivity index (χ2n) is 3.55. The molecule has 13 heavy (non-hydrogen) atoms. The lowest BCUT2D eigenvalue weighted by molar-refractivity contribution is 0.179. The molecule has 1 unspecified atom stereocenters. The molecule has 78 valence electrons. The number of hydrogen-bond acceptors (Lipinski definition) is 3. The normalized spacial score (nSPS) is 36.4. The molecule has 0 aliphatic carbocycles. The van der Waals surface area contributed by atoms with E-state index in [1.165, 1.54) is 0 Å². The van der Waals surface area contributed by atoms with E-state index in [0.717, 1.165) is 24.3 Å². The molecule has 0 aromatic rings. The zero-order valence-corrected chi connectivity index (χ0v) is 9.92. The number of thioether (sulfide) groups is 1. The van der Waals surface area contributed by atoms with Gasteiger partial charge in [-0.15, -0.1) is 11.8 Å². The SMILES string of the molecule is CCS[C@]1(C[C@H](C)O)CCCS1=O. The van der Waals surface area contributed by atoms with E-state index >= 15 is 0 Å². The zero-order valence-electron chi connectivity index (χ0n) is 8.28. The Hall–Kier alpha value is 0.460. The highest BCUT2D eigenvalue weighted by molar-refractivity contribution is 8.12. The van der Waals surface area contributed by atoms with Crippen molar-refractivity contribution < 1.29 is 9.32 Å². The molecule has 2 nitrogen and oxygen atoms in total. The third-order valence-corrected chi connectivity index (χ3v) is 6.27. The molecule has 0 bridgehead atoms. The monoisotopic (exact) mass is 222 g/mol. The molecule has 1 saturated heterocycles. The van der Waals surface area contributed by atoms with Gasteiger partial charge < -0.3 is 5.11 Å². The third kappa shape index (κ3) is 2.70. The molecule has 1 rings (SSSR count). The summed E-state index contributed by atoms with van der Waals surface area (Å²) in [5.74, 6) is 1.80. The zero-order chi connectivity index (χ0) is 9.90. The Morgan fingerprint density at radius 3 is 2.77 bits per heavy atom. The van der Waals surface area contributed by atoms with Crippen molar-refractivity contribution in [3.05, 3.63) is 0 Å². The van der Waals surface area contributed by atoms with E-state index in [9.17, 15) is 9.32 Å². The summed E-state index contributed by atoms with van der Waals surface area (Å²) in [6.07, 6.45) is 2.40. The first kappa shape index (κ1) is 11.5. The summed E-state index contributed by atoms with van der Waals surface area (Å²) in [6, 6.07) is 0. The topological polar surface area (TPSA) is 37.3 Å². The first-order valence-electron chi connectivity index (χ1n) is 4.81. The summed E-state index contributed by atoms with van der Waals surface area (Å²) >= 11 is 1.76. The molecule has 0 saturated carbocycles. The summed E-state index contributed by atoms with van der Waals surface area (Å²) in [5, 5.41) is 9.37. The van der Waals surface area contributed by atoms with E-state index < -0.39 is 10.8 Å². The van der Waals surface area contributed by atoms with E-state index in [1.54, 1.807) is 18.7 Å². The number of aliphatic hydroxyl groups excluding tert-OH is 1. The fourth-order valence-corrected chi connectivity index (χ4v) is 5.76. The average Bonchev–Trinajstić information content (AvgIpc) is 2.32. The summed E-state index contributed by atoms with van der Waals surface area (Å²) in [6.45, 7) is 3.87. The van der Waals surface area contributed by atoms with Crippen LogP contribution in [-0.4, -0.2) is 31.0 Å². The second kappa shape index (κ2) is 4.80. The Balaban J connectivity index is 2.68. The number of rotatable bonds is 4. The molecular weight excluding hydrogens is 204 g/mol. The summed E-state index contributed by atoms with van der Waals surface area (Å²) in [7, 11) is -0.737. The quantitative estimate of drug-likeness (QED) is 0.787. The molecule has 4 heteroatoms. The van der Waals surface area contributed by atoms with Crippen LogP contribution in [0.2, 0.25) is 0 Å². The molecule has 1 aliphatic rings. The van der Waals surface area contributed by atoms with E-state index in [2.05, 4.69) is 6.92 Å². The standard InChI is InChI=1S/C9H18O2S2/c1-3-12-9(7-8(2)10)5-4-6-13(9)11/h8,10H,3-7H2,1-2H3/t8-,9+,13?/m0/s1. The van der Waals surface area contributed by atoms with Crippen molar-refractivity contribution in [1.29, 1.82) is 0 Å². The number of hydrogen-bond donors (Lipinski definition) is 1. The molecule has 0 aromatic heterocycles. The van der Waals surface area contributed by atoms with Gasteiger partial charge in [0.2, 0.25) is 0 Å². The van der Waals surface area contributed by atoms with Gasteiger partial charge in [0.15, 0.2) is 0 Å². The minimum atomic E-state index is -0.737. The van der Waals surface area contributed by atoms with Crippen molar-refractivity contribution in [1.82, 2.24) is 0 Å². The average molecular weight is 222 g/mol. The van der Waals surface area contributed by atoms with Crippen LogP contribution in [0.25, 0.3) is 0 Å². The summed E-state index contributed by atoms with van der Waals surface area (Å²) in [4.78, 5) is 0. The lowest BCUT2D eigenvalue weighted by Gasteiger charge is -2.27. The van der Waals surface area contributed by atoms with Gasteiger partial charge in [-0.1, -0.05) is 6.92 Å². The van der Waals surface area contributed by atoms with E-state index in [4.69, 9.17) is 0 Å². The largest absolute Gasteiger partial charge is 0.393 e. The maximum Gasteiger partial charge on any atom is 0.0933 e. The van der Waals surface area contributed by atoms with E-state index in [1.807, 2.05) is 0 Å². The van der Waals surface area contributed by atoms with Gasteiger partial charge in [-0.05, 0) is 31.9 Å². The highest BCUT2D eigenvalue weighted by atomic mass is 32.2. The van der Waals surface area contributed by atoms with Crippen LogP contribution in [0, 0.1) is 0 Å². The van der Waals surface area contributed by atoms with Crippen molar-refractivity contribution in [3.8, 4) is 0 Å². The van der Waals surface area contributed by atoms with Crippen molar-refractivity contribution in [3.63, 3.8) is 0 Å². The first-order valence-corrected chi connectivity index (χ1v) is 7.11. The Labute approximate surface area is 86.9 Å². The fraction of sp³-hybridized carbons (Fsp3) is 1.00. The van der Waals surface area contributed by atoms with Crippen LogP contribution in [0.1, 0.15) is 33.1 Å². The van der Waals surface area contributed by atoms with Gasteiger partial charge in [0.1, 0.15) is 0 Å². The summed E-state index contributed by atoms with van der Waals surface area (Å²) < 4.78 is 11.7. The Morgan fingerprint density at radius 1 is 1.69 bits per heavy atom. The van der Waals surface area contributed by atoms with Crippen LogP contribution >= 0.6 is 11.8 Å². The maximum atomic E-state index is 11.8. The van der Waals surface area contributed by atoms with Gasteiger partial charge in [-0.25, -0.2) is 0 Å². The molecule has 1 fully saturated rings. The van der Waals surface area contributed by atoms with Gasteiger partial charge in [0.25, 0.3) is 0 Å². The lowest BCUT2D eigenvalue weighted by atomic mass is 10.1. The fourth-order valence-electron chi connectivity index (χ4n) is 1.88. The molecule has 0 radical (unpaired) electrons. The minimum Gasteiger partial charge on any atom is -0.393 e. The molecule has 0 aromatic carbocycles. The number of aliphatic hydroxyl groups is 1. The van der Waals surface area contributed by atoms with Crippen LogP contribution in [0.5, 0.6) is 0 Å². The highest BCUT2D eigenvalue weighted by Crippen LogP contribution is 2.42. The molecular formula is C9H18O2S2. The predicted octanol–water partition coefficient (Wildman–Crippen LogP) is 1.75. The Bertz CT molecular complexity index is 194. The molecule has 1 heterocycles. The first-order chi connectivity index (χ1) is 6.10. The maximum absolute atomic E-state index is 11.8. The Kier molecular flexibility index (Phi) is 4.26. The van der Waals surface area contributed by atoms with Gasteiger partial charge >= 0.3 is 0 Å². The van der Waals surface area contributed by atoms with Crippen molar-refractivity contribution >= 4 is 22.6 Å². The van der Waals surface area contributed by atoms with Crippen LogP contribution in [-0.2, 0) is 10.8 Å². The van der Waals surface area contributed by atoms with Crippen LogP contribution in [0.3, 0.4) is 0 Å². The van der Waals surface area contributed by atoms with Crippen LogP contribution in [0.4, 0.5) is 0 Å². The minimum absolute atomic E-state index is 0.136. The molecule has 1 aliphatic heterocycles. The Morgan fingerprint density at radius 2 is 2.38 bits per heavy atom. The highest BCUT2D eigenvalue weighted by Gasteiger charge is 2.41. The molecule has 3 atom stereocenters. The van der Waals surface area contributed by atoms with Crippen LogP contribution < -0.4 is 0 Å². The van der Waals surface area contributed by atoms with Gasteiger partial charge in [0, 0.05) is 16.6 Å². The molecule has 1 N–H and O–H groups in total. The lowest BCUT2D eigenvalue weighted by Crippen LogP contribution is -2.30.